The molecule has 0 fully saturated rings. The molecule has 0 saturated heterocycles. The summed E-state index contributed by atoms with van der Waals surface area (Å²) in [4.78, 5) is 17.4. The first kappa shape index (κ1) is 10.1. The number of imidazole rings is 1. The Balaban J connectivity index is 2.64. The second kappa shape index (κ2) is 3.62. The number of carboxylic acids is 1. The van der Waals surface area contributed by atoms with Gasteiger partial charge in [-0.05, 0) is 33.6 Å². The molecule has 1 heterocycles. The highest BCUT2D eigenvalue weighted by Gasteiger charge is 2.11. The van der Waals surface area contributed by atoms with Crippen molar-refractivity contribution < 1.29 is 14.3 Å². The average Bonchev–Trinajstić information content (AvgIpc) is 2.44. The van der Waals surface area contributed by atoms with Crippen LogP contribution >= 0.6 is 15.9 Å². The molecule has 0 radical (unpaired) electrons. The summed E-state index contributed by atoms with van der Waals surface area (Å²) in [6.45, 7) is 0. The Morgan fingerprint density at radius 2 is 2.33 bits per heavy atom. The highest BCUT2D eigenvalue weighted by Crippen LogP contribution is 2.21. The molecule has 0 atom stereocenters. The summed E-state index contributed by atoms with van der Waals surface area (Å²) in [6.07, 6.45) is -0.244. The summed E-state index contributed by atoms with van der Waals surface area (Å²) < 4.78 is 13.6. The molecule has 0 unspecified atom stereocenters. The number of nitrogens with zero attached hydrogens (tertiary/aromatic N) is 1. The van der Waals surface area contributed by atoms with Crippen LogP contribution in [-0.2, 0) is 11.2 Å². The summed E-state index contributed by atoms with van der Waals surface area (Å²) >= 11 is 3.11. The molecule has 2 aromatic rings. The van der Waals surface area contributed by atoms with E-state index in [1.54, 1.807) is 0 Å². The van der Waals surface area contributed by atoms with E-state index in [-0.39, 0.29) is 6.42 Å². The van der Waals surface area contributed by atoms with E-state index in [4.69, 9.17) is 5.11 Å². The van der Waals surface area contributed by atoms with Crippen LogP contribution in [0.15, 0.2) is 16.9 Å². The maximum absolute atomic E-state index is 13.1. The third-order valence-corrected chi connectivity index (χ3v) is 2.32. The first-order valence-corrected chi connectivity index (χ1v) is 4.91. The third-order valence-electron chi connectivity index (χ3n) is 1.94. The number of aliphatic carboxylic acids is 1. The Morgan fingerprint density at radius 1 is 1.60 bits per heavy atom. The number of rotatable bonds is 2. The fraction of sp³-hybridized carbons (Fsp3) is 0.111. The lowest BCUT2D eigenvalue weighted by Crippen LogP contribution is -2.01. The van der Waals surface area contributed by atoms with Gasteiger partial charge in [-0.1, -0.05) is 0 Å². The molecular formula is C9H6BrFN2O2. The molecule has 2 rings (SSSR count). The number of H-pyrrole nitrogens is 1. The van der Waals surface area contributed by atoms with E-state index >= 15 is 0 Å². The minimum atomic E-state index is -1.01. The number of aromatic amines is 1. The van der Waals surface area contributed by atoms with Crippen molar-refractivity contribution in [3.8, 4) is 0 Å². The highest BCUT2D eigenvalue weighted by atomic mass is 79.9. The Bertz CT molecular complexity index is 538. The fourth-order valence-electron chi connectivity index (χ4n) is 1.42. The largest absolute Gasteiger partial charge is 0.481 e. The van der Waals surface area contributed by atoms with Gasteiger partial charge in [0.2, 0.25) is 0 Å². The van der Waals surface area contributed by atoms with Crippen LogP contribution in [-0.4, -0.2) is 21.0 Å². The molecule has 78 valence electrons. The Morgan fingerprint density at radius 3 is 3.00 bits per heavy atom. The van der Waals surface area contributed by atoms with E-state index in [1.165, 1.54) is 12.1 Å². The van der Waals surface area contributed by atoms with Crippen molar-refractivity contribution in [3.63, 3.8) is 0 Å². The lowest BCUT2D eigenvalue weighted by Gasteiger charge is -1.98. The second-order valence-electron chi connectivity index (χ2n) is 3.06. The number of benzene rings is 1. The molecule has 4 nitrogen and oxygen atoms in total. The maximum Gasteiger partial charge on any atom is 0.307 e. The fourth-order valence-corrected chi connectivity index (χ4v) is 1.81. The summed E-state index contributed by atoms with van der Waals surface area (Å²) in [5.74, 6) is -1.49. The Labute approximate surface area is 92.3 Å². The number of nitrogens with one attached hydrogen (secondary N) is 1. The van der Waals surface area contributed by atoms with Crippen LogP contribution in [0, 0.1) is 5.82 Å². The predicted molar refractivity (Wildman–Crippen MR) is 55.1 cm³/mol. The van der Waals surface area contributed by atoms with E-state index in [2.05, 4.69) is 25.9 Å². The van der Waals surface area contributed by atoms with Gasteiger partial charge in [-0.2, -0.15) is 0 Å². The van der Waals surface area contributed by atoms with Crippen molar-refractivity contribution >= 4 is 32.9 Å². The van der Waals surface area contributed by atoms with E-state index in [1.807, 2.05) is 0 Å². The molecule has 6 heteroatoms. The van der Waals surface area contributed by atoms with Crippen LogP contribution in [0.5, 0.6) is 0 Å². The zero-order valence-electron chi connectivity index (χ0n) is 7.42. The minimum Gasteiger partial charge on any atom is -0.481 e. The van der Waals surface area contributed by atoms with Crippen molar-refractivity contribution in [2.24, 2.45) is 0 Å². The van der Waals surface area contributed by atoms with E-state index in [9.17, 15) is 9.18 Å². The molecule has 0 spiro atoms. The van der Waals surface area contributed by atoms with Crippen LogP contribution < -0.4 is 0 Å². The molecule has 15 heavy (non-hydrogen) atoms. The van der Waals surface area contributed by atoms with Gasteiger partial charge in [0.05, 0.1) is 17.5 Å². The molecule has 1 aromatic heterocycles. The smallest absolute Gasteiger partial charge is 0.307 e. The van der Waals surface area contributed by atoms with Crippen LogP contribution in [0.25, 0.3) is 11.0 Å². The van der Waals surface area contributed by atoms with Gasteiger partial charge >= 0.3 is 5.97 Å². The first-order chi connectivity index (χ1) is 7.06. The first-order valence-electron chi connectivity index (χ1n) is 4.11. The van der Waals surface area contributed by atoms with Gasteiger partial charge in [-0.3, -0.25) is 4.79 Å². The lowest BCUT2D eigenvalue weighted by molar-refractivity contribution is -0.136. The number of aromatic nitrogens is 2. The lowest BCUT2D eigenvalue weighted by atomic mass is 10.1. The Hall–Kier alpha value is -1.43. The third kappa shape index (κ3) is 1.99. The number of carbonyl (C=O) groups is 1. The van der Waals surface area contributed by atoms with Crippen LogP contribution in [0.3, 0.4) is 0 Å². The topological polar surface area (TPSA) is 66.0 Å². The van der Waals surface area contributed by atoms with Gasteiger partial charge in [0.1, 0.15) is 5.82 Å². The van der Waals surface area contributed by atoms with Crippen molar-refractivity contribution in [3.05, 3.63) is 28.2 Å². The average molecular weight is 273 g/mol. The highest BCUT2D eigenvalue weighted by molar-refractivity contribution is 9.10. The number of carboxylic acid groups (broad SMARTS) is 1. The van der Waals surface area contributed by atoms with Crippen molar-refractivity contribution in [1.29, 1.82) is 0 Å². The molecule has 0 saturated carbocycles. The molecule has 0 aliphatic heterocycles. The minimum absolute atomic E-state index is 0.244. The summed E-state index contributed by atoms with van der Waals surface area (Å²) in [5.41, 5.74) is 1.32. The van der Waals surface area contributed by atoms with Gasteiger partial charge in [0.15, 0.2) is 4.73 Å². The van der Waals surface area contributed by atoms with Crippen LogP contribution in [0.2, 0.25) is 0 Å². The van der Waals surface area contributed by atoms with Crippen molar-refractivity contribution in [2.75, 3.05) is 0 Å². The summed E-state index contributed by atoms with van der Waals surface area (Å²) in [7, 11) is 0. The monoisotopic (exact) mass is 272 g/mol. The number of hydrogen-bond acceptors (Lipinski definition) is 2. The molecule has 0 aliphatic rings. The second-order valence-corrected chi connectivity index (χ2v) is 3.81. The van der Waals surface area contributed by atoms with Gasteiger partial charge in [0.25, 0.3) is 0 Å². The van der Waals surface area contributed by atoms with Crippen molar-refractivity contribution in [1.82, 2.24) is 9.97 Å². The van der Waals surface area contributed by atoms with Crippen molar-refractivity contribution in [2.45, 2.75) is 6.42 Å². The number of halogens is 2. The summed E-state index contributed by atoms with van der Waals surface area (Å²) in [6, 6.07) is 2.46. The Kier molecular flexibility index (Phi) is 2.44. The molecular weight excluding hydrogens is 267 g/mol. The zero-order chi connectivity index (χ0) is 11.0. The van der Waals surface area contributed by atoms with E-state index in [0.717, 1.165) is 0 Å². The predicted octanol–water partition coefficient (Wildman–Crippen LogP) is 2.09. The molecule has 2 N–H and O–H groups in total. The van der Waals surface area contributed by atoms with Crippen LogP contribution in [0.1, 0.15) is 5.56 Å². The van der Waals surface area contributed by atoms with Gasteiger partial charge < -0.3 is 10.1 Å². The van der Waals surface area contributed by atoms with E-state index < -0.39 is 11.8 Å². The van der Waals surface area contributed by atoms with E-state index in [0.29, 0.717) is 21.3 Å². The quantitative estimate of drug-likeness (QED) is 0.880. The number of hydrogen-bond donors (Lipinski definition) is 2. The zero-order valence-corrected chi connectivity index (χ0v) is 9.01. The summed E-state index contributed by atoms with van der Waals surface area (Å²) in [5, 5.41) is 8.65. The molecule has 0 amide bonds. The molecule has 0 aliphatic carbocycles. The maximum atomic E-state index is 13.1. The van der Waals surface area contributed by atoms with Gasteiger partial charge in [0, 0.05) is 0 Å². The molecule has 1 aromatic carbocycles. The normalized spacial score (nSPS) is 10.8. The molecule has 0 bridgehead atoms. The SMILES string of the molecule is O=C(O)Cc1cc(F)cc2[nH]c(Br)nc12. The van der Waals surface area contributed by atoms with Gasteiger partial charge in [-0.15, -0.1) is 0 Å². The standard InChI is InChI=1S/C9H6BrFN2O2/c10-9-12-6-3-5(11)1-4(2-7(14)15)8(6)13-9/h1,3H,2H2,(H,12,13)(H,14,15). The van der Waals surface area contributed by atoms with Gasteiger partial charge in [-0.25, -0.2) is 9.37 Å². The van der Waals surface area contributed by atoms with Crippen LogP contribution in [0.4, 0.5) is 4.39 Å². The number of fused-ring (bicyclic) bond motifs is 1.